The molecule has 1 aliphatic carbocycles. The van der Waals surface area contributed by atoms with Crippen LogP contribution in [-0.4, -0.2) is 29.5 Å². The Bertz CT molecular complexity index is 788. The van der Waals surface area contributed by atoms with Gasteiger partial charge in [-0.15, -0.1) is 11.8 Å². The van der Waals surface area contributed by atoms with Crippen molar-refractivity contribution in [3.8, 4) is 12.1 Å². The van der Waals surface area contributed by atoms with Gasteiger partial charge in [0.15, 0.2) is 10.8 Å². The molecule has 1 saturated carbocycles. The maximum absolute atomic E-state index is 10.0. The number of benzene rings is 1. The van der Waals surface area contributed by atoms with Crippen LogP contribution in [0.2, 0.25) is 0 Å². The van der Waals surface area contributed by atoms with E-state index in [-0.39, 0.29) is 5.92 Å². The van der Waals surface area contributed by atoms with Crippen LogP contribution in [0.15, 0.2) is 29.2 Å². The van der Waals surface area contributed by atoms with Crippen LogP contribution in [0.3, 0.4) is 0 Å². The second-order valence-electron chi connectivity index (χ2n) is 5.90. The Labute approximate surface area is 142 Å². The number of nitriles is 2. The average Bonchev–Trinajstić information content (AvgIpc) is 2.83. The molecule has 5 nitrogen and oxygen atoms in total. The molecule has 7 heteroatoms. The Morgan fingerprint density at radius 1 is 1.35 bits per heavy atom. The van der Waals surface area contributed by atoms with Crippen molar-refractivity contribution in [3.63, 3.8) is 0 Å². The first-order chi connectivity index (χ1) is 11.1. The Hall–Kier alpha value is -1.67. The van der Waals surface area contributed by atoms with E-state index < -0.39 is 15.9 Å². The maximum Gasteiger partial charge on any atom is 0.277 e. The molecule has 4 atom stereocenters. The van der Waals surface area contributed by atoms with E-state index in [4.69, 9.17) is 10.5 Å². The lowest BCUT2D eigenvalue weighted by Crippen LogP contribution is -2.88. The normalized spacial score (nSPS) is 40.3. The molecule has 1 aromatic rings. The van der Waals surface area contributed by atoms with Gasteiger partial charge in [0.1, 0.15) is 0 Å². The fraction of sp³-hybridized carbons (Fsp3) is 0.438. The van der Waals surface area contributed by atoms with Gasteiger partial charge in [0.25, 0.3) is 10.9 Å². The molecule has 1 spiro atoms. The highest BCUT2D eigenvalue weighted by atomic mass is 32.2. The van der Waals surface area contributed by atoms with E-state index in [2.05, 4.69) is 17.1 Å². The third-order valence-electron chi connectivity index (χ3n) is 5.14. The van der Waals surface area contributed by atoms with E-state index in [1.165, 1.54) is 11.8 Å². The molecule has 23 heavy (non-hydrogen) atoms. The van der Waals surface area contributed by atoms with Crippen LogP contribution in [-0.2, 0) is 4.74 Å². The quantitative estimate of drug-likeness (QED) is 0.754. The number of hydrogen-bond donors (Lipinski definition) is 2. The predicted octanol–water partition coefficient (Wildman–Crippen LogP) is 0.394. The highest BCUT2D eigenvalue weighted by Gasteiger charge is 2.96. The van der Waals surface area contributed by atoms with Crippen LogP contribution in [0, 0.1) is 33.5 Å². The summed E-state index contributed by atoms with van der Waals surface area (Å²) in [5.41, 5.74) is 5.15. The van der Waals surface area contributed by atoms with Gasteiger partial charge >= 0.3 is 0 Å². The number of hydrogen-bond acceptors (Lipinski definition) is 6. The van der Waals surface area contributed by atoms with E-state index in [0.717, 1.165) is 16.2 Å². The van der Waals surface area contributed by atoms with Crippen molar-refractivity contribution in [2.24, 2.45) is 16.6 Å². The SMILES string of the molecule is CSc1ccc([C@H]2[C@@]3(C#N)[C@@]4([NH+]=C(N)[C@@]23C#N)OCCS4)cc1. The van der Waals surface area contributed by atoms with Gasteiger partial charge in [-0.05, 0) is 24.0 Å². The van der Waals surface area contributed by atoms with Crippen LogP contribution in [0.1, 0.15) is 11.5 Å². The first kappa shape index (κ1) is 14.9. The van der Waals surface area contributed by atoms with Crippen molar-refractivity contribution in [1.29, 1.82) is 10.5 Å². The first-order valence-corrected chi connectivity index (χ1v) is 9.48. The molecular formula is C16H15N4OS2+. The summed E-state index contributed by atoms with van der Waals surface area (Å²) in [5, 5.41) is 19.0. The van der Waals surface area contributed by atoms with Crippen molar-refractivity contribution in [2.75, 3.05) is 18.6 Å². The van der Waals surface area contributed by atoms with Crippen molar-refractivity contribution in [3.05, 3.63) is 29.8 Å². The molecule has 2 fully saturated rings. The third kappa shape index (κ3) is 1.46. The lowest BCUT2D eigenvalue weighted by molar-refractivity contribution is -0.583. The summed E-state index contributed by atoms with van der Waals surface area (Å²) in [6.45, 7) is 0.550. The standard InChI is InChI=1S/C16H14N4OS2/c1-22-11-4-2-10(3-5-11)12-14(8-17)13(19)20-16(15(12,14)9-18)21-6-7-23-16/h2-5,12H,6-7H2,1H3,(H2,19,20)/p+1/t12-,14-,15-,16-/m1/s1. The summed E-state index contributed by atoms with van der Waals surface area (Å²) >= 11 is 3.20. The zero-order valence-electron chi connectivity index (χ0n) is 12.5. The largest absolute Gasteiger partial charge is 0.327 e. The first-order valence-electron chi connectivity index (χ1n) is 7.27. The van der Waals surface area contributed by atoms with Crippen LogP contribution < -0.4 is 10.7 Å². The van der Waals surface area contributed by atoms with Crippen LogP contribution in [0.4, 0.5) is 0 Å². The molecule has 0 aromatic heterocycles. The van der Waals surface area contributed by atoms with Crippen molar-refractivity contribution in [2.45, 2.75) is 15.9 Å². The number of nitrogens with zero attached hydrogens (tertiary/aromatic N) is 2. The van der Waals surface area contributed by atoms with Crippen molar-refractivity contribution < 1.29 is 9.73 Å². The zero-order chi connectivity index (χ0) is 16.3. The summed E-state index contributed by atoms with van der Waals surface area (Å²) in [7, 11) is 0. The minimum atomic E-state index is -1.03. The number of nitrogens with one attached hydrogen (secondary N) is 1. The molecule has 3 aliphatic rings. The second-order valence-corrected chi connectivity index (χ2v) is 8.05. The molecule has 0 bridgehead atoms. The monoisotopic (exact) mass is 343 g/mol. The Balaban J connectivity index is 1.87. The minimum absolute atomic E-state index is 0.271. The smallest absolute Gasteiger partial charge is 0.277 e. The highest BCUT2D eigenvalue weighted by molar-refractivity contribution is 8.00. The van der Waals surface area contributed by atoms with E-state index in [1.54, 1.807) is 11.8 Å². The molecule has 1 saturated heterocycles. The van der Waals surface area contributed by atoms with Gasteiger partial charge < -0.3 is 4.74 Å². The van der Waals surface area contributed by atoms with Gasteiger partial charge in [0, 0.05) is 16.6 Å². The number of fused-ring (bicyclic) bond motifs is 2. The molecule has 3 N–H and O–H groups in total. The summed E-state index contributed by atoms with van der Waals surface area (Å²) in [5.74, 6) is 0.867. The van der Waals surface area contributed by atoms with Gasteiger partial charge in [0.2, 0.25) is 0 Å². The molecule has 0 amide bonds. The van der Waals surface area contributed by atoms with E-state index in [9.17, 15) is 10.5 Å². The Morgan fingerprint density at radius 2 is 2.09 bits per heavy atom. The van der Waals surface area contributed by atoms with E-state index in [1.807, 2.05) is 30.5 Å². The number of amidine groups is 1. The molecule has 0 radical (unpaired) electrons. The molecule has 2 heterocycles. The summed E-state index contributed by atoms with van der Waals surface area (Å²) in [4.78, 5) is 4.27. The fourth-order valence-corrected chi connectivity index (χ4v) is 5.88. The minimum Gasteiger partial charge on any atom is -0.327 e. The predicted molar refractivity (Wildman–Crippen MR) is 88.4 cm³/mol. The number of nitrogens with two attached hydrogens (primary N) is 1. The summed E-state index contributed by atoms with van der Waals surface area (Å²) < 4.78 is 5.92. The highest BCUT2D eigenvalue weighted by Crippen LogP contribution is 2.80. The summed E-state index contributed by atoms with van der Waals surface area (Å²) in [6, 6.07) is 12.8. The van der Waals surface area contributed by atoms with Gasteiger partial charge in [-0.25, -0.2) is 4.99 Å². The molecule has 1 aromatic carbocycles. The van der Waals surface area contributed by atoms with Crippen molar-refractivity contribution >= 4 is 29.4 Å². The molecule has 4 rings (SSSR count). The zero-order valence-corrected chi connectivity index (χ0v) is 14.1. The van der Waals surface area contributed by atoms with Gasteiger partial charge in [-0.2, -0.15) is 10.5 Å². The topological polar surface area (TPSA) is 96.8 Å². The van der Waals surface area contributed by atoms with E-state index in [0.29, 0.717) is 12.4 Å². The lowest BCUT2D eigenvalue weighted by atomic mass is 9.95. The number of rotatable bonds is 2. The number of ether oxygens (including phenoxy) is 1. The second kappa shape index (κ2) is 4.67. The Morgan fingerprint density at radius 3 is 2.61 bits per heavy atom. The fourth-order valence-electron chi connectivity index (χ4n) is 4.11. The van der Waals surface area contributed by atoms with E-state index >= 15 is 0 Å². The molecule has 2 aliphatic heterocycles. The van der Waals surface area contributed by atoms with Gasteiger partial charge in [-0.3, -0.25) is 5.73 Å². The molecular weight excluding hydrogens is 328 g/mol. The van der Waals surface area contributed by atoms with Crippen LogP contribution in [0.25, 0.3) is 0 Å². The van der Waals surface area contributed by atoms with Gasteiger partial charge in [-0.1, -0.05) is 23.9 Å². The van der Waals surface area contributed by atoms with Gasteiger partial charge in [0.05, 0.1) is 18.7 Å². The Kier molecular flexibility index (Phi) is 3.02. The van der Waals surface area contributed by atoms with Crippen LogP contribution in [0.5, 0.6) is 0 Å². The lowest BCUT2D eigenvalue weighted by Gasteiger charge is -2.23. The third-order valence-corrected chi connectivity index (χ3v) is 7.21. The summed E-state index contributed by atoms with van der Waals surface area (Å²) in [6.07, 6.45) is 2.02. The molecule has 0 unspecified atom stereocenters. The number of thioether (sulfide) groups is 2. The van der Waals surface area contributed by atoms with Crippen molar-refractivity contribution in [1.82, 2.24) is 0 Å². The average molecular weight is 343 g/mol. The molecule has 116 valence electrons. The maximum atomic E-state index is 10.0. The van der Waals surface area contributed by atoms with Crippen LogP contribution >= 0.6 is 23.5 Å².